The number of methoxy groups -OCH3 is 4. The number of hydrogen-bond donors (Lipinski definition) is 0. The lowest BCUT2D eigenvalue weighted by molar-refractivity contribution is 0.0734. The third kappa shape index (κ3) is 4.63. The molecule has 0 radical (unpaired) electrons. The van der Waals surface area contributed by atoms with Crippen LogP contribution in [0.2, 0.25) is 0 Å². The lowest BCUT2D eigenvalue weighted by Gasteiger charge is -2.12. The van der Waals surface area contributed by atoms with Crippen LogP contribution in [0.1, 0.15) is 15.9 Å². The maximum absolute atomic E-state index is 12.8. The van der Waals surface area contributed by atoms with Gasteiger partial charge in [0.2, 0.25) is 0 Å². The van der Waals surface area contributed by atoms with E-state index in [1.165, 1.54) is 28.4 Å². The van der Waals surface area contributed by atoms with Crippen LogP contribution in [0.5, 0.6) is 28.7 Å². The van der Waals surface area contributed by atoms with Gasteiger partial charge in [0.25, 0.3) is 0 Å². The van der Waals surface area contributed by atoms with Crippen molar-refractivity contribution in [3.05, 3.63) is 76.1 Å². The largest absolute Gasteiger partial charge is 0.497 e. The van der Waals surface area contributed by atoms with Gasteiger partial charge in [-0.3, -0.25) is 0 Å². The summed E-state index contributed by atoms with van der Waals surface area (Å²) >= 11 is 0. The smallest absolute Gasteiger partial charge is 0.344 e. The summed E-state index contributed by atoms with van der Waals surface area (Å²) in [7, 11) is 6.06. The van der Waals surface area contributed by atoms with Gasteiger partial charge in [-0.1, -0.05) is 6.07 Å². The van der Waals surface area contributed by atoms with E-state index in [4.69, 9.17) is 28.1 Å². The van der Waals surface area contributed by atoms with Crippen molar-refractivity contribution in [3.8, 4) is 39.9 Å². The molecular weight excluding hydrogens is 452 g/mol. The molecule has 0 fully saturated rings. The van der Waals surface area contributed by atoms with E-state index in [1.54, 1.807) is 54.6 Å². The summed E-state index contributed by atoms with van der Waals surface area (Å²) in [4.78, 5) is 25.6. The molecule has 4 rings (SSSR count). The molecule has 0 spiro atoms. The van der Waals surface area contributed by atoms with Crippen LogP contribution in [-0.4, -0.2) is 34.4 Å². The SMILES string of the molecule is COc1cc(OC)cc(C(=O)Oc2ccc3oc(=O)c(-c4ccc(OC)c(OC)c4)c(C)c3c2)c1. The van der Waals surface area contributed by atoms with E-state index in [0.29, 0.717) is 56.4 Å². The van der Waals surface area contributed by atoms with E-state index >= 15 is 0 Å². The number of esters is 1. The average molecular weight is 476 g/mol. The van der Waals surface area contributed by atoms with Gasteiger partial charge in [0, 0.05) is 11.5 Å². The van der Waals surface area contributed by atoms with Crippen molar-refractivity contribution in [1.29, 1.82) is 0 Å². The van der Waals surface area contributed by atoms with E-state index in [-0.39, 0.29) is 5.56 Å². The van der Waals surface area contributed by atoms with E-state index in [0.717, 1.165) is 0 Å². The minimum atomic E-state index is -0.586. The first-order chi connectivity index (χ1) is 16.9. The van der Waals surface area contributed by atoms with Gasteiger partial charge in [-0.15, -0.1) is 0 Å². The highest BCUT2D eigenvalue weighted by atomic mass is 16.5. The number of hydrogen-bond acceptors (Lipinski definition) is 8. The minimum absolute atomic E-state index is 0.267. The van der Waals surface area contributed by atoms with Crippen molar-refractivity contribution in [2.75, 3.05) is 28.4 Å². The lowest BCUT2D eigenvalue weighted by Crippen LogP contribution is -2.10. The molecule has 0 atom stereocenters. The van der Waals surface area contributed by atoms with Gasteiger partial charge < -0.3 is 28.1 Å². The molecule has 0 aliphatic heterocycles. The van der Waals surface area contributed by atoms with Gasteiger partial charge in [0.1, 0.15) is 22.8 Å². The second-order valence-electron chi connectivity index (χ2n) is 7.61. The first-order valence-electron chi connectivity index (χ1n) is 10.6. The maximum Gasteiger partial charge on any atom is 0.344 e. The van der Waals surface area contributed by atoms with Gasteiger partial charge in [-0.25, -0.2) is 9.59 Å². The summed E-state index contributed by atoms with van der Waals surface area (Å²) < 4.78 is 32.3. The highest BCUT2D eigenvalue weighted by molar-refractivity contribution is 5.93. The summed E-state index contributed by atoms with van der Waals surface area (Å²) in [6.07, 6.45) is 0. The predicted octanol–water partition coefficient (Wildman–Crippen LogP) is 5.02. The molecule has 0 saturated carbocycles. The van der Waals surface area contributed by atoms with Gasteiger partial charge in [0.05, 0.1) is 39.6 Å². The molecule has 1 aromatic heterocycles. The van der Waals surface area contributed by atoms with Crippen molar-refractivity contribution in [1.82, 2.24) is 0 Å². The molecule has 4 aromatic rings. The maximum atomic E-state index is 12.8. The molecule has 0 amide bonds. The second kappa shape index (κ2) is 9.80. The second-order valence-corrected chi connectivity index (χ2v) is 7.61. The number of aryl methyl sites for hydroxylation is 1. The van der Waals surface area contributed by atoms with E-state index in [1.807, 2.05) is 6.92 Å². The molecule has 0 N–H and O–H groups in total. The summed E-state index contributed by atoms with van der Waals surface area (Å²) in [6.45, 7) is 1.81. The minimum Gasteiger partial charge on any atom is -0.497 e. The number of fused-ring (bicyclic) bond motifs is 1. The van der Waals surface area contributed by atoms with Crippen molar-refractivity contribution in [3.63, 3.8) is 0 Å². The van der Waals surface area contributed by atoms with Crippen LogP contribution >= 0.6 is 0 Å². The Bertz CT molecular complexity index is 1450. The molecule has 0 bridgehead atoms. The van der Waals surface area contributed by atoms with Crippen LogP contribution < -0.4 is 29.3 Å². The van der Waals surface area contributed by atoms with Crippen LogP contribution in [0, 0.1) is 6.92 Å². The molecule has 0 aliphatic carbocycles. The van der Waals surface area contributed by atoms with E-state index in [2.05, 4.69) is 0 Å². The summed E-state index contributed by atoms with van der Waals surface area (Å²) in [5, 5.41) is 0.628. The Balaban J connectivity index is 1.74. The zero-order chi connectivity index (χ0) is 25.1. The molecule has 180 valence electrons. The molecule has 0 unspecified atom stereocenters. The monoisotopic (exact) mass is 476 g/mol. The fourth-order valence-corrected chi connectivity index (χ4v) is 3.81. The number of carbonyl (C=O) groups is 1. The van der Waals surface area contributed by atoms with Crippen molar-refractivity contribution < 1.29 is 32.9 Å². The van der Waals surface area contributed by atoms with Crippen LogP contribution in [0.15, 0.2) is 63.8 Å². The van der Waals surface area contributed by atoms with Crippen LogP contribution in [0.3, 0.4) is 0 Å². The van der Waals surface area contributed by atoms with Crippen molar-refractivity contribution >= 4 is 16.9 Å². The lowest BCUT2D eigenvalue weighted by atomic mass is 9.99. The number of benzene rings is 3. The highest BCUT2D eigenvalue weighted by Crippen LogP contribution is 2.35. The number of rotatable bonds is 7. The molecule has 1 heterocycles. The van der Waals surface area contributed by atoms with E-state index in [9.17, 15) is 9.59 Å². The average Bonchev–Trinajstić information content (AvgIpc) is 2.88. The topological polar surface area (TPSA) is 93.4 Å². The Morgan fingerprint density at radius 3 is 2.06 bits per heavy atom. The summed E-state index contributed by atoms with van der Waals surface area (Å²) in [6, 6.07) is 14.8. The Labute approximate surface area is 201 Å². The number of ether oxygens (including phenoxy) is 5. The normalized spacial score (nSPS) is 10.7. The van der Waals surface area contributed by atoms with E-state index < -0.39 is 11.6 Å². The third-order valence-electron chi connectivity index (χ3n) is 5.61. The van der Waals surface area contributed by atoms with Crippen LogP contribution in [0.25, 0.3) is 22.1 Å². The predicted molar refractivity (Wildman–Crippen MR) is 130 cm³/mol. The Kier molecular flexibility index (Phi) is 6.64. The molecule has 3 aromatic carbocycles. The quantitative estimate of drug-likeness (QED) is 0.209. The zero-order valence-corrected chi connectivity index (χ0v) is 20.0. The summed E-state index contributed by atoms with van der Waals surface area (Å²) in [5.74, 6) is 1.66. The molecule has 0 saturated heterocycles. The fraction of sp³-hybridized carbons (Fsp3) is 0.185. The first kappa shape index (κ1) is 23.7. The Hall–Kier alpha value is -4.46. The highest BCUT2D eigenvalue weighted by Gasteiger charge is 2.18. The van der Waals surface area contributed by atoms with Gasteiger partial charge in [0.15, 0.2) is 11.5 Å². The first-order valence-corrected chi connectivity index (χ1v) is 10.6. The molecule has 8 nitrogen and oxygen atoms in total. The van der Waals surface area contributed by atoms with Gasteiger partial charge >= 0.3 is 11.6 Å². The summed E-state index contributed by atoms with van der Waals surface area (Å²) in [5.41, 5.74) is 1.81. The van der Waals surface area contributed by atoms with Gasteiger partial charge in [-0.2, -0.15) is 0 Å². The molecule has 8 heteroatoms. The van der Waals surface area contributed by atoms with Crippen LogP contribution in [-0.2, 0) is 0 Å². The zero-order valence-electron chi connectivity index (χ0n) is 20.0. The standard InChI is InChI=1S/C27H24O8/c1-15-21-14-18(34-26(28)17-10-19(30-2)13-20(11-17)31-3)7-9-22(21)35-27(29)25(15)16-6-8-23(32-4)24(12-16)33-5/h6-14H,1-5H3. The van der Waals surface area contributed by atoms with Crippen LogP contribution in [0.4, 0.5) is 0 Å². The fourth-order valence-electron chi connectivity index (χ4n) is 3.81. The van der Waals surface area contributed by atoms with Crippen molar-refractivity contribution in [2.24, 2.45) is 0 Å². The molecule has 0 aliphatic rings. The molecule has 35 heavy (non-hydrogen) atoms. The Morgan fingerprint density at radius 1 is 0.743 bits per heavy atom. The Morgan fingerprint density at radius 2 is 1.43 bits per heavy atom. The van der Waals surface area contributed by atoms with Gasteiger partial charge in [-0.05, 0) is 60.5 Å². The third-order valence-corrected chi connectivity index (χ3v) is 5.61. The number of carbonyl (C=O) groups excluding carboxylic acids is 1. The van der Waals surface area contributed by atoms with Crippen molar-refractivity contribution in [2.45, 2.75) is 6.92 Å². The molecular formula is C27H24O8.